The maximum atomic E-state index is 13.6. The van der Waals surface area contributed by atoms with Crippen molar-refractivity contribution in [1.82, 2.24) is 19.8 Å². The van der Waals surface area contributed by atoms with Gasteiger partial charge in [-0.15, -0.1) is 0 Å². The van der Waals surface area contributed by atoms with Gasteiger partial charge in [-0.3, -0.25) is 9.36 Å². The normalized spacial score (nSPS) is 14.2. The number of rotatable bonds is 6. The van der Waals surface area contributed by atoms with E-state index < -0.39 is 0 Å². The molecule has 1 aliphatic rings. The van der Waals surface area contributed by atoms with Gasteiger partial charge in [-0.2, -0.15) is 0 Å². The Morgan fingerprint density at radius 2 is 1.67 bits per heavy atom. The molecule has 1 N–H and O–H groups in total. The predicted molar refractivity (Wildman–Crippen MR) is 136 cm³/mol. The van der Waals surface area contributed by atoms with E-state index in [-0.39, 0.29) is 11.9 Å². The highest BCUT2D eigenvalue weighted by atomic mass is 35.5. The molecule has 4 rings (SSSR count). The van der Waals surface area contributed by atoms with Crippen LogP contribution in [0.3, 0.4) is 0 Å². The van der Waals surface area contributed by atoms with Crippen LogP contribution < -0.4 is 5.32 Å². The van der Waals surface area contributed by atoms with Crippen LogP contribution in [0.1, 0.15) is 49.3 Å². The molecule has 5 nitrogen and oxygen atoms in total. The molecule has 3 aromatic rings. The minimum Gasteiger partial charge on any atom is -0.337 e. The summed E-state index contributed by atoms with van der Waals surface area (Å²) in [5.74, 6) is 0.550. The number of benzene rings is 2. The molecule has 1 aromatic heterocycles. The first-order valence-electron chi connectivity index (χ1n) is 11.2. The van der Waals surface area contributed by atoms with Crippen LogP contribution in [0.25, 0.3) is 17.1 Å². The molecule has 0 atom stereocenters. The summed E-state index contributed by atoms with van der Waals surface area (Å²) < 4.78 is 2.00. The predicted octanol–water partition coefficient (Wildman–Crippen LogP) is 6.62. The second-order valence-corrected chi connectivity index (χ2v) is 9.84. The average Bonchev–Trinajstić information content (AvgIpc) is 3.17. The molecule has 1 amide bonds. The second-order valence-electron chi connectivity index (χ2n) is 8.56. The summed E-state index contributed by atoms with van der Waals surface area (Å²) >= 11 is 18.9. The summed E-state index contributed by atoms with van der Waals surface area (Å²) in [6.07, 6.45) is 3.18. The third-order valence-electron chi connectivity index (χ3n) is 5.75. The highest BCUT2D eigenvalue weighted by Gasteiger charge is 2.29. The number of carbonyl (C=O) groups excluding carboxylic acids is 1. The van der Waals surface area contributed by atoms with Crippen molar-refractivity contribution in [2.24, 2.45) is 0 Å². The molecule has 0 bridgehead atoms. The van der Waals surface area contributed by atoms with Gasteiger partial charge in [0.25, 0.3) is 5.91 Å². The number of piperidine rings is 1. The maximum absolute atomic E-state index is 13.6. The Hall–Kier alpha value is -2.05. The van der Waals surface area contributed by atoms with Gasteiger partial charge in [-0.25, -0.2) is 4.98 Å². The van der Waals surface area contributed by atoms with Crippen LogP contribution in [0, 0.1) is 0 Å². The fourth-order valence-corrected chi connectivity index (χ4v) is 4.67. The Morgan fingerprint density at radius 1 is 1.00 bits per heavy atom. The Kier molecular flexibility index (Phi) is 7.65. The van der Waals surface area contributed by atoms with Crippen molar-refractivity contribution in [3.8, 4) is 17.1 Å². The average molecular weight is 506 g/mol. The number of likely N-dealkylation sites (tertiary alicyclic amines) is 1. The summed E-state index contributed by atoms with van der Waals surface area (Å²) in [6.45, 7) is 6.13. The highest BCUT2D eigenvalue weighted by Crippen LogP contribution is 2.34. The summed E-state index contributed by atoms with van der Waals surface area (Å²) in [6, 6.07) is 13.1. The number of amides is 1. The standard InChI is InChI=1S/C25H27Cl3N4O/c1-16(2)29-15-22-23(25(33)31-12-4-3-5-13-31)30-24(20-11-8-18(27)14-21(20)28)32(22)19-9-6-17(26)7-10-19/h6-11,14,16,29H,3-5,12-13,15H2,1-2H3. The zero-order valence-corrected chi connectivity index (χ0v) is 21.0. The lowest BCUT2D eigenvalue weighted by molar-refractivity contribution is 0.0717. The number of carbonyl (C=O) groups is 1. The van der Waals surface area contributed by atoms with Crippen molar-refractivity contribution in [3.05, 3.63) is 68.9 Å². The van der Waals surface area contributed by atoms with E-state index in [1.54, 1.807) is 12.1 Å². The Labute approximate surface area is 209 Å². The summed E-state index contributed by atoms with van der Waals surface area (Å²) in [4.78, 5) is 20.4. The van der Waals surface area contributed by atoms with Crippen molar-refractivity contribution in [2.75, 3.05) is 13.1 Å². The lowest BCUT2D eigenvalue weighted by Crippen LogP contribution is -2.37. The van der Waals surface area contributed by atoms with Crippen molar-refractivity contribution in [1.29, 1.82) is 0 Å². The molecule has 33 heavy (non-hydrogen) atoms. The first-order valence-corrected chi connectivity index (χ1v) is 12.3. The van der Waals surface area contributed by atoms with E-state index in [9.17, 15) is 4.79 Å². The molecule has 0 spiro atoms. The van der Waals surface area contributed by atoms with E-state index in [0.717, 1.165) is 43.7 Å². The van der Waals surface area contributed by atoms with Gasteiger partial charge in [-0.1, -0.05) is 48.7 Å². The SMILES string of the molecule is CC(C)NCc1c(C(=O)N2CCCCC2)nc(-c2ccc(Cl)cc2Cl)n1-c1ccc(Cl)cc1. The monoisotopic (exact) mass is 504 g/mol. The number of hydrogen-bond acceptors (Lipinski definition) is 3. The van der Waals surface area contributed by atoms with Crippen LogP contribution in [0.4, 0.5) is 0 Å². The van der Waals surface area contributed by atoms with Gasteiger partial charge < -0.3 is 10.2 Å². The van der Waals surface area contributed by atoms with E-state index in [2.05, 4.69) is 19.2 Å². The van der Waals surface area contributed by atoms with Crippen LogP contribution >= 0.6 is 34.8 Å². The van der Waals surface area contributed by atoms with Crippen molar-refractivity contribution < 1.29 is 4.79 Å². The number of nitrogens with zero attached hydrogens (tertiary/aromatic N) is 3. The number of hydrogen-bond donors (Lipinski definition) is 1. The molecule has 1 saturated heterocycles. The topological polar surface area (TPSA) is 50.2 Å². The van der Waals surface area contributed by atoms with Gasteiger partial charge in [0.1, 0.15) is 5.82 Å². The van der Waals surface area contributed by atoms with Gasteiger partial charge in [0.05, 0.1) is 10.7 Å². The third-order valence-corrected chi connectivity index (χ3v) is 6.55. The maximum Gasteiger partial charge on any atom is 0.274 e. The molecule has 2 heterocycles. The zero-order valence-electron chi connectivity index (χ0n) is 18.7. The minimum atomic E-state index is -0.0469. The number of nitrogens with one attached hydrogen (secondary N) is 1. The molecule has 1 fully saturated rings. The molecule has 0 aliphatic carbocycles. The minimum absolute atomic E-state index is 0.0469. The fourth-order valence-electron chi connectivity index (χ4n) is 4.06. The van der Waals surface area contributed by atoms with E-state index in [4.69, 9.17) is 39.8 Å². The van der Waals surface area contributed by atoms with Gasteiger partial charge >= 0.3 is 0 Å². The molecular weight excluding hydrogens is 479 g/mol. The van der Waals surface area contributed by atoms with E-state index in [1.165, 1.54) is 0 Å². The molecule has 0 unspecified atom stereocenters. The first kappa shape index (κ1) is 24.1. The zero-order chi connectivity index (χ0) is 23.5. The quantitative estimate of drug-likeness (QED) is 0.409. The van der Waals surface area contributed by atoms with Gasteiger partial charge in [0, 0.05) is 47.0 Å². The van der Waals surface area contributed by atoms with Gasteiger partial charge in [0.15, 0.2) is 5.69 Å². The molecule has 0 saturated carbocycles. The molecule has 1 aliphatic heterocycles. The molecule has 0 radical (unpaired) electrons. The van der Waals surface area contributed by atoms with Crippen LogP contribution in [0.5, 0.6) is 0 Å². The molecular formula is C25H27Cl3N4O. The molecule has 8 heteroatoms. The highest BCUT2D eigenvalue weighted by molar-refractivity contribution is 6.36. The summed E-state index contributed by atoms with van der Waals surface area (Å²) in [5.41, 5.74) is 2.80. The first-order chi connectivity index (χ1) is 15.8. The van der Waals surface area contributed by atoms with Crippen LogP contribution in [0.2, 0.25) is 15.1 Å². The van der Waals surface area contributed by atoms with E-state index >= 15 is 0 Å². The third kappa shape index (κ3) is 5.38. The van der Waals surface area contributed by atoms with Crippen molar-refractivity contribution in [3.63, 3.8) is 0 Å². The van der Waals surface area contributed by atoms with Gasteiger partial charge in [0.2, 0.25) is 0 Å². The van der Waals surface area contributed by atoms with Crippen LogP contribution in [-0.4, -0.2) is 39.5 Å². The Bertz CT molecular complexity index is 1140. The second kappa shape index (κ2) is 10.5. The van der Waals surface area contributed by atoms with Crippen molar-refractivity contribution >= 4 is 40.7 Å². The summed E-state index contributed by atoms with van der Waals surface area (Å²) in [7, 11) is 0. The molecule has 2 aromatic carbocycles. The number of imidazole rings is 1. The van der Waals surface area contributed by atoms with E-state index in [0.29, 0.717) is 38.7 Å². The number of halogens is 3. The lowest BCUT2D eigenvalue weighted by Gasteiger charge is -2.26. The summed E-state index contributed by atoms with van der Waals surface area (Å²) in [5, 5.41) is 5.11. The Morgan fingerprint density at radius 3 is 2.30 bits per heavy atom. The van der Waals surface area contributed by atoms with Crippen molar-refractivity contribution in [2.45, 2.75) is 45.7 Å². The smallest absolute Gasteiger partial charge is 0.274 e. The Balaban J connectivity index is 1.93. The van der Waals surface area contributed by atoms with Crippen LogP contribution in [0.15, 0.2) is 42.5 Å². The number of aromatic nitrogens is 2. The largest absolute Gasteiger partial charge is 0.337 e. The fraction of sp³-hybridized carbons (Fsp3) is 0.360. The molecule has 174 valence electrons. The van der Waals surface area contributed by atoms with Gasteiger partial charge in [-0.05, 0) is 61.7 Å². The van der Waals surface area contributed by atoms with E-state index in [1.807, 2.05) is 39.8 Å². The van der Waals surface area contributed by atoms with Crippen LogP contribution in [-0.2, 0) is 6.54 Å². The lowest BCUT2D eigenvalue weighted by atomic mass is 10.1.